The van der Waals surface area contributed by atoms with Gasteiger partial charge < -0.3 is 25.4 Å². The van der Waals surface area contributed by atoms with Crippen LogP contribution in [0.15, 0.2) is 48.5 Å². The van der Waals surface area contributed by atoms with Gasteiger partial charge in [0, 0.05) is 18.7 Å². The summed E-state index contributed by atoms with van der Waals surface area (Å²) in [6.07, 6.45) is 6.18. The Bertz CT molecular complexity index is 708. The number of phenols is 1. The van der Waals surface area contributed by atoms with E-state index in [1.807, 2.05) is 6.07 Å². The topological polar surface area (TPSA) is 82.0 Å². The summed E-state index contributed by atoms with van der Waals surface area (Å²) in [5, 5.41) is 32.3. The molecule has 0 aromatic heterocycles. The van der Waals surface area contributed by atoms with E-state index in [2.05, 4.69) is 36.5 Å². The highest BCUT2D eigenvalue weighted by molar-refractivity contribution is 5.36. The molecule has 0 aliphatic rings. The first-order valence-corrected chi connectivity index (χ1v) is 11.1. The predicted octanol–water partition coefficient (Wildman–Crippen LogP) is 4.11. The quantitative estimate of drug-likeness (QED) is 0.329. The fourth-order valence-corrected chi connectivity index (χ4v) is 3.38. The van der Waals surface area contributed by atoms with Gasteiger partial charge in [0.15, 0.2) is 0 Å². The van der Waals surface area contributed by atoms with Crippen molar-refractivity contribution in [1.29, 1.82) is 0 Å². The summed E-state index contributed by atoms with van der Waals surface area (Å²) in [6, 6.07) is 15.4. The predicted molar refractivity (Wildman–Crippen MR) is 121 cm³/mol. The summed E-state index contributed by atoms with van der Waals surface area (Å²) in [5.74, 6) is 0.0518. The van der Waals surface area contributed by atoms with Crippen LogP contribution in [0.25, 0.3) is 0 Å². The molecular formula is C25H37NO4. The molecule has 0 aliphatic heterocycles. The van der Waals surface area contributed by atoms with E-state index in [0.29, 0.717) is 23.8 Å². The van der Waals surface area contributed by atoms with Crippen LogP contribution >= 0.6 is 0 Å². The monoisotopic (exact) mass is 415 g/mol. The highest BCUT2D eigenvalue weighted by atomic mass is 16.5. The van der Waals surface area contributed by atoms with Crippen LogP contribution in [0.2, 0.25) is 0 Å². The van der Waals surface area contributed by atoms with Crippen molar-refractivity contribution in [2.24, 2.45) is 0 Å². The standard InChI is InChI=1S/C25H37NO4/c1-20(11-12-21-9-5-4-6-10-21)30-16-8-3-2-7-15-26-18-25(29)22-13-14-24(28)23(17-22)19-27/h4-6,9-10,13-14,17,20,25-29H,2-3,7-8,11-12,15-16,18-19H2,1H3/t20-,25-/m1/s1. The second-order valence-electron chi connectivity index (χ2n) is 7.89. The van der Waals surface area contributed by atoms with Gasteiger partial charge in [-0.15, -0.1) is 0 Å². The number of benzene rings is 2. The van der Waals surface area contributed by atoms with Gasteiger partial charge in [-0.1, -0.05) is 49.2 Å². The molecule has 2 atom stereocenters. The first kappa shape index (κ1) is 24.4. The Morgan fingerprint density at radius 3 is 2.53 bits per heavy atom. The first-order valence-electron chi connectivity index (χ1n) is 11.1. The number of unbranched alkanes of at least 4 members (excludes halogenated alkanes) is 3. The number of hydrogen-bond acceptors (Lipinski definition) is 5. The molecule has 0 unspecified atom stereocenters. The number of aryl methyl sites for hydroxylation is 1. The van der Waals surface area contributed by atoms with Gasteiger partial charge in [-0.2, -0.15) is 0 Å². The lowest BCUT2D eigenvalue weighted by molar-refractivity contribution is 0.0577. The Hall–Kier alpha value is -1.92. The second-order valence-corrected chi connectivity index (χ2v) is 7.89. The van der Waals surface area contributed by atoms with Crippen molar-refractivity contribution in [3.8, 4) is 5.75 Å². The Morgan fingerprint density at radius 2 is 1.77 bits per heavy atom. The third-order valence-corrected chi connectivity index (χ3v) is 5.33. The Balaban J connectivity index is 1.45. The number of hydrogen-bond donors (Lipinski definition) is 4. The largest absolute Gasteiger partial charge is 0.508 e. The average Bonchev–Trinajstić information content (AvgIpc) is 2.77. The molecule has 5 heteroatoms. The van der Waals surface area contributed by atoms with Crippen LogP contribution in [0.3, 0.4) is 0 Å². The number of rotatable bonds is 15. The lowest BCUT2D eigenvalue weighted by atomic mass is 10.1. The maximum Gasteiger partial charge on any atom is 0.121 e. The maximum absolute atomic E-state index is 10.2. The molecule has 0 saturated carbocycles. The van der Waals surface area contributed by atoms with E-state index >= 15 is 0 Å². The summed E-state index contributed by atoms with van der Waals surface area (Å²) >= 11 is 0. The van der Waals surface area contributed by atoms with Crippen LogP contribution in [-0.4, -0.2) is 41.1 Å². The molecule has 0 radical (unpaired) electrons. The maximum atomic E-state index is 10.2. The van der Waals surface area contributed by atoms with Crippen LogP contribution in [0, 0.1) is 0 Å². The van der Waals surface area contributed by atoms with E-state index < -0.39 is 6.10 Å². The molecule has 0 heterocycles. The van der Waals surface area contributed by atoms with E-state index in [-0.39, 0.29) is 12.4 Å². The van der Waals surface area contributed by atoms with Gasteiger partial charge in [0.1, 0.15) is 5.75 Å². The number of aliphatic hydroxyl groups is 2. The van der Waals surface area contributed by atoms with E-state index in [1.54, 1.807) is 12.1 Å². The molecule has 5 nitrogen and oxygen atoms in total. The molecule has 0 bridgehead atoms. The van der Waals surface area contributed by atoms with Crippen molar-refractivity contribution in [2.75, 3.05) is 19.7 Å². The Kier molecular flexibility index (Phi) is 11.5. The zero-order chi connectivity index (χ0) is 21.6. The molecule has 0 spiro atoms. The van der Waals surface area contributed by atoms with E-state index in [1.165, 1.54) is 11.6 Å². The van der Waals surface area contributed by atoms with E-state index in [4.69, 9.17) is 4.74 Å². The van der Waals surface area contributed by atoms with Crippen LogP contribution in [-0.2, 0) is 17.8 Å². The van der Waals surface area contributed by atoms with E-state index in [9.17, 15) is 15.3 Å². The fraction of sp³-hybridized carbons (Fsp3) is 0.520. The third kappa shape index (κ3) is 9.26. The summed E-state index contributed by atoms with van der Waals surface area (Å²) < 4.78 is 5.91. The molecule has 2 aromatic carbocycles. The minimum absolute atomic E-state index is 0.0518. The van der Waals surface area contributed by atoms with Crippen molar-refractivity contribution in [2.45, 2.75) is 64.3 Å². The van der Waals surface area contributed by atoms with Crippen molar-refractivity contribution < 1.29 is 20.1 Å². The van der Waals surface area contributed by atoms with Gasteiger partial charge in [-0.25, -0.2) is 0 Å². The zero-order valence-electron chi connectivity index (χ0n) is 18.1. The van der Waals surface area contributed by atoms with E-state index in [0.717, 1.165) is 51.7 Å². The minimum atomic E-state index is -0.651. The van der Waals surface area contributed by atoms with Crippen LogP contribution in [0.1, 0.15) is 61.8 Å². The molecular weight excluding hydrogens is 378 g/mol. The van der Waals surface area contributed by atoms with Gasteiger partial charge in [0.05, 0.1) is 18.8 Å². The highest BCUT2D eigenvalue weighted by Crippen LogP contribution is 2.22. The zero-order valence-corrected chi connectivity index (χ0v) is 18.1. The average molecular weight is 416 g/mol. The molecule has 30 heavy (non-hydrogen) atoms. The van der Waals surface area contributed by atoms with Crippen molar-refractivity contribution in [3.63, 3.8) is 0 Å². The van der Waals surface area contributed by atoms with Crippen molar-refractivity contribution in [1.82, 2.24) is 5.32 Å². The van der Waals surface area contributed by atoms with Crippen LogP contribution in [0.4, 0.5) is 0 Å². The molecule has 166 valence electrons. The lowest BCUT2D eigenvalue weighted by Gasteiger charge is -2.14. The molecule has 0 saturated heterocycles. The molecule has 0 fully saturated rings. The fourth-order valence-electron chi connectivity index (χ4n) is 3.38. The summed E-state index contributed by atoms with van der Waals surface area (Å²) in [6.45, 7) is 4.04. The Morgan fingerprint density at radius 1 is 1.00 bits per heavy atom. The molecule has 4 N–H and O–H groups in total. The lowest BCUT2D eigenvalue weighted by Crippen LogP contribution is -2.22. The van der Waals surface area contributed by atoms with Gasteiger partial charge in [-0.05, 0) is 62.4 Å². The number of ether oxygens (including phenoxy) is 1. The van der Waals surface area contributed by atoms with Gasteiger partial charge >= 0.3 is 0 Å². The van der Waals surface area contributed by atoms with Crippen molar-refractivity contribution >= 4 is 0 Å². The summed E-state index contributed by atoms with van der Waals surface area (Å²) in [4.78, 5) is 0. The minimum Gasteiger partial charge on any atom is -0.508 e. The van der Waals surface area contributed by atoms with Crippen molar-refractivity contribution in [3.05, 3.63) is 65.2 Å². The SMILES string of the molecule is C[C@H](CCc1ccccc1)OCCCCCCNC[C@@H](O)c1ccc(O)c(CO)c1. The van der Waals surface area contributed by atoms with Gasteiger partial charge in [0.2, 0.25) is 0 Å². The number of aromatic hydroxyl groups is 1. The summed E-state index contributed by atoms with van der Waals surface area (Å²) in [5.41, 5.74) is 2.50. The first-order chi connectivity index (χ1) is 14.6. The second kappa shape index (κ2) is 14.1. The Labute approximate surface area is 180 Å². The van der Waals surface area contributed by atoms with Crippen LogP contribution in [0.5, 0.6) is 5.75 Å². The third-order valence-electron chi connectivity index (χ3n) is 5.33. The number of nitrogens with one attached hydrogen (secondary N) is 1. The van der Waals surface area contributed by atoms with Gasteiger partial charge in [-0.3, -0.25) is 0 Å². The summed E-state index contributed by atoms with van der Waals surface area (Å²) in [7, 11) is 0. The molecule has 2 rings (SSSR count). The van der Waals surface area contributed by atoms with Crippen LogP contribution < -0.4 is 5.32 Å². The highest BCUT2D eigenvalue weighted by Gasteiger charge is 2.10. The molecule has 2 aromatic rings. The normalized spacial score (nSPS) is 13.3. The number of aliphatic hydroxyl groups excluding tert-OH is 2. The molecule has 0 amide bonds. The smallest absolute Gasteiger partial charge is 0.121 e. The van der Waals surface area contributed by atoms with Gasteiger partial charge in [0.25, 0.3) is 0 Å². The molecule has 0 aliphatic carbocycles.